The summed E-state index contributed by atoms with van der Waals surface area (Å²) in [5.74, 6) is 1.35. The summed E-state index contributed by atoms with van der Waals surface area (Å²) in [5, 5.41) is 0. The molecule has 0 spiro atoms. The molecular weight excluding hydrogens is 424 g/mol. The molecule has 33 heavy (non-hydrogen) atoms. The molecule has 0 atom stereocenters. The van der Waals surface area contributed by atoms with E-state index in [4.69, 9.17) is 23.7 Å². The van der Waals surface area contributed by atoms with Crippen molar-refractivity contribution in [3.63, 3.8) is 0 Å². The first-order valence-electron chi connectivity index (χ1n) is 10.2. The number of allylic oxidation sites excluding steroid dienone is 1. The first kappa shape index (κ1) is 22.0. The molecule has 1 aliphatic rings. The minimum atomic E-state index is -0.406. The second kappa shape index (κ2) is 9.48. The zero-order valence-electron chi connectivity index (χ0n) is 18.4. The van der Waals surface area contributed by atoms with Gasteiger partial charge in [-0.15, -0.1) is 0 Å². The van der Waals surface area contributed by atoms with Crippen molar-refractivity contribution in [1.82, 2.24) is 0 Å². The molecule has 0 radical (unpaired) electrons. The van der Waals surface area contributed by atoms with Crippen LogP contribution < -0.4 is 23.7 Å². The third-order valence-corrected chi connectivity index (χ3v) is 5.09. The second-order valence-corrected chi connectivity index (χ2v) is 7.16. The number of rotatable bonds is 7. The van der Waals surface area contributed by atoms with Crippen LogP contribution in [0.2, 0.25) is 0 Å². The lowest BCUT2D eigenvalue weighted by molar-refractivity contribution is -0.133. The Kier molecular flexibility index (Phi) is 6.31. The molecule has 7 heteroatoms. The number of hydrogen-bond donors (Lipinski definition) is 0. The molecule has 0 amide bonds. The van der Waals surface area contributed by atoms with E-state index in [1.165, 1.54) is 27.4 Å². The van der Waals surface area contributed by atoms with Crippen LogP contribution in [0.3, 0.4) is 0 Å². The first-order valence-corrected chi connectivity index (χ1v) is 10.2. The quantitative estimate of drug-likeness (QED) is 0.301. The lowest BCUT2D eigenvalue weighted by Gasteiger charge is -2.14. The van der Waals surface area contributed by atoms with Gasteiger partial charge in [-0.05, 0) is 35.9 Å². The molecule has 1 aliphatic heterocycles. The zero-order chi connectivity index (χ0) is 23.4. The molecule has 7 nitrogen and oxygen atoms in total. The highest BCUT2D eigenvalue weighted by molar-refractivity contribution is 6.14. The highest BCUT2D eigenvalue weighted by Gasteiger charge is 2.29. The van der Waals surface area contributed by atoms with Gasteiger partial charge in [0.15, 0.2) is 17.3 Å². The van der Waals surface area contributed by atoms with E-state index in [0.29, 0.717) is 39.9 Å². The Hall–Kier alpha value is -4.26. The van der Waals surface area contributed by atoms with Gasteiger partial charge in [0.05, 0.1) is 33.3 Å². The van der Waals surface area contributed by atoms with Gasteiger partial charge < -0.3 is 23.7 Å². The molecule has 0 saturated carbocycles. The molecule has 0 N–H and O–H groups in total. The Balaban J connectivity index is 1.55. The number of fused-ring (bicyclic) bond motifs is 1. The zero-order valence-corrected chi connectivity index (χ0v) is 18.4. The minimum Gasteiger partial charge on any atom is -0.493 e. The fourth-order valence-electron chi connectivity index (χ4n) is 3.54. The van der Waals surface area contributed by atoms with Gasteiger partial charge in [-0.1, -0.05) is 30.3 Å². The fourth-order valence-corrected chi connectivity index (χ4v) is 3.54. The molecule has 168 valence electrons. The highest BCUT2D eigenvalue weighted by Crippen LogP contribution is 2.42. The van der Waals surface area contributed by atoms with Crippen LogP contribution in [0.25, 0.3) is 6.08 Å². The van der Waals surface area contributed by atoms with Crippen LogP contribution >= 0.6 is 0 Å². The number of ether oxygens (including phenoxy) is 5. The van der Waals surface area contributed by atoms with Crippen molar-refractivity contribution in [2.24, 2.45) is 0 Å². The van der Waals surface area contributed by atoms with E-state index < -0.39 is 5.97 Å². The summed E-state index contributed by atoms with van der Waals surface area (Å²) in [6, 6.07) is 17.4. The summed E-state index contributed by atoms with van der Waals surface area (Å²) < 4.78 is 27.4. The molecule has 3 aromatic carbocycles. The number of esters is 1. The van der Waals surface area contributed by atoms with Crippen molar-refractivity contribution >= 4 is 17.8 Å². The van der Waals surface area contributed by atoms with Crippen molar-refractivity contribution in [1.29, 1.82) is 0 Å². The summed E-state index contributed by atoms with van der Waals surface area (Å²) in [6.45, 7) is 0. The van der Waals surface area contributed by atoms with Crippen LogP contribution in [0.15, 0.2) is 66.4 Å². The third-order valence-electron chi connectivity index (χ3n) is 5.09. The third kappa shape index (κ3) is 4.52. The Bertz CT molecular complexity index is 1230. The highest BCUT2D eigenvalue weighted by atomic mass is 16.5. The van der Waals surface area contributed by atoms with Gasteiger partial charge >= 0.3 is 5.97 Å². The smallest absolute Gasteiger partial charge is 0.315 e. The monoisotopic (exact) mass is 446 g/mol. The average Bonchev–Trinajstić information content (AvgIpc) is 3.13. The van der Waals surface area contributed by atoms with Gasteiger partial charge in [0.25, 0.3) is 0 Å². The molecule has 1 heterocycles. The van der Waals surface area contributed by atoms with Crippen molar-refractivity contribution in [3.05, 3.63) is 83.1 Å². The van der Waals surface area contributed by atoms with Crippen LogP contribution in [0.5, 0.6) is 28.7 Å². The molecule has 0 aliphatic carbocycles. The Morgan fingerprint density at radius 1 is 0.909 bits per heavy atom. The number of carbonyl (C=O) groups excluding carboxylic acids is 2. The Labute approximate surface area is 191 Å². The standard InChI is InChI=1S/C26H22O7/c1-29-20-12-9-17(25(30-2)26(20)31-3)14-22-24(28)19-11-10-18(15-21(19)33-22)32-23(27)13-16-7-5-4-6-8-16/h4-12,14-15H,13H2,1-3H3/b22-14-. The van der Waals surface area contributed by atoms with Crippen LogP contribution in [0, 0.1) is 0 Å². The largest absolute Gasteiger partial charge is 0.493 e. The maximum Gasteiger partial charge on any atom is 0.315 e. The summed E-state index contributed by atoms with van der Waals surface area (Å²) >= 11 is 0. The SMILES string of the molecule is COc1ccc(/C=C2\Oc3cc(OC(=O)Cc4ccccc4)ccc3C2=O)c(OC)c1OC. The molecule has 0 unspecified atom stereocenters. The Morgan fingerprint density at radius 2 is 1.67 bits per heavy atom. The van der Waals surface area contributed by atoms with E-state index in [0.717, 1.165) is 5.56 Å². The van der Waals surface area contributed by atoms with Crippen molar-refractivity contribution in [2.45, 2.75) is 6.42 Å². The van der Waals surface area contributed by atoms with E-state index in [1.54, 1.807) is 30.3 Å². The van der Waals surface area contributed by atoms with Gasteiger partial charge in [0.2, 0.25) is 11.5 Å². The number of benzene rings is 3. The van der Waals surface area contributed by atoms with E-state index in [1.807, 2.05) is 30.3 Å². The first-order chi connectivity index (χ1) is 16.0. The minimum absolute atomic E-state index is 0.114. The normalized spacial score (nSPS) is 13.3. The van der Waals surface area contributed by atoms with E-state index >= 15 is 0 Å². The fraction of sp³-hybridized carbons (Fsp3) is 0.154. The van der Waals surface area contributed by atoms with E-state index in [2.05, 4.69) is 0 Å². The summed E-state index contributed by atoms with van der Waals surface area (Å²) in [7, 11) is 4.53. The summed E-state index contributed by atoms with van der Waals surface area (Å²) in [4.78, 5) is 25.1. The molecule has 0 fully saturated rings. The molecule has 0 bridgehead atoms. The Morgan fingerprint density at radius 3 is 2.36 bits per heavy atom. The average molecular weight is 446 g/mol. The van der Waals surface area contributed by atoms with Crippen LogP contribution in [-0.4, -0.2) is 33.1 Å². The molecule has 0 saturated heterocycles. The topological polar surface area (TPSA) is 80.3 Å². The van der Waals surface area contributed by atoms with Crippen LogP contribution in [-0.2, 0) is 11.2 Å². The van der Waals surface area contributed by atoms with Gasteiger partial charge in [0, 0.05) is 11.6 Å². The maximum atomic E-state index is 12.9. The van der Waals surface area contributed by atoms with Crippen LogP contribution in [0.1, 0.15) is 21.5 Å². The van der Waals surface area contributed by atoms with Crippen molar-refractivity contribution in [2.75, 3.05) is 21.3 Å². The molecular formula is C26H22O7. The van der Waals surface area contributed by atoms with Crippen molar-refractivity contribution < 1.29 is 33.3 Å². The number of hydrogen-bond acceptors (Lipinski definition) is 7. The lowest BCUT2D eigenvalue weighted by atomic mass is 10.1. The number of Topliss-reactive ketones (excluding diaryl/α,β-unsaturated/α-hetero) is 1. The maximum absolute atomic E-state index is 12.9. The van der Waals surface area contributed by atoms with Gasteiger partial charge in [-0.25, -0.2) is 0 Å². The van der Waals surface area contributed by atoms with Crippen molar-refractivity contribution in [3.8, 4) is 28.7 Å². The summed E-state index contributed by atoms with van der Waals surface area (Å²) in [5.41, 5.74) is 1.81. The predicted molar refractivity (Wildman–Crippen MR) is 121 cm³/mol. The molecule has 0 aromatic heterocycles. The van der Waals surface area contributed by atoms with E-state index in [-0.39, 0.29) is 18.0 Å². The van der Waals surface area contributed by atoms with Gasteiger partial charge in [-0.2, -0.15) is 0 Å². The summed E-state index contributed by atoms with van der Waals surface area (Å²) in [6.07, 6.45) is 1.71. The number of ketones is 1. The predicted octanol–water partition coefficient (Wildman–Crippen LogP) is 4.48. The van der Waals surface area contributed by atoms with Gasteiger partial charge in [0.1, 0.15) is 11.5 Å². The lowest BCUT2D eigenvalue weighted by Crippen LogP contribution is -2.11. The van der Waals surface area contributed by atoms with Crippen LogP contribution in [0.4, 0.5) is 0 Å². The number of methoxy groups -OCH3 is 3. The van der Waals surface area contributed by atoms with E-state index in [9.17, 15) is 9.59 Å². The molecule has 3 aromatic rings. The second-order valence-electron chi connectivity index (χ2n) is 7.16. The molecule has 4 rings (SSSR count). The van der Waals surface area contributed by atoms with Gasteiger partial charge in [-0.3, -0.25) is 9.59 Å². The number of carbonyl (C=O) groups is 2.